The quantitative estimate of drug-likeness (QED) is 0.739. The monoisotopic (exact) mass is 400 g/mol. The van der Waals surface area contributed by atoms with E-state index in [9.17, 15) is 14.4 Å². The lowest BCUT2D eigenvalue weighted by molar-refractivity contribution is -0.132. The largest absolute Gasteiger partial charge is 0.378 e. The van der Waals surface area contributed by atoms with Crippen LogP contribution in [-0.2, 0) is 14.3 Å². The van der Waals surface area contributed by atoms with Gasteiger partial charge in [0, 0.05) is 37.4 Å². The van der Waals surface area contributed by atoms with E-state index in [1.807, 2.05) is 24.3 Å². The Morgan fingerprint density at radius 2 is 1.90 bits per heavy atom. The van der Waals surface area contributed by atoms with Gasteiger partial charge >= 0.3 is 6.03 Å². The number of rotatable bonds is 5. The van der Waals surface area contributed by atoms with Crippen molar-refractivity contribution in [1.82, 2.24) is 10.2 Å². The van der Waals surface area contributed by atoms with E-state index < -0.39 is 5.54 Å². The van der Waals surface area contributed by atoms with Crippen LogP contribution in [-0.4, -0.2) is 61.1 Å². The van der Waals surface area contributed by atoms with E-state index >= 15 is 0 Å². The minimum atomic E-state index is -0.738. The van der Waals surface area contributed by atoms with Crippen molar-refractivity contribution in [3.05, 3.63) is 24.3 Å². The van der Waals surface area contributed by atoms with Gasteiger partial charge in [0.15, 0.2) is 0 Å². The molecule has 29 heavy (non-hydrogen) atoms. The van der Waals surface area contributed by atoms with Gasteiger partial charge in [0.05, 0.1) is 13.2 Å². The average molecular weight is 400 g/mol. The smallest absolute Gasteiger partial charge is 0.325 e. The first-order valence-corrected chi connectivity index (χ1v) is 10.4. The molecule has 0 unspecified atom stereocenters. The number of morpholine rings is 1. The van der Waals surface area contributed by atoms with Gasteiger partial charge in [0.25, 0.3) is 5.91 Å². The lowest BCUT2D eigenvalue weighted by Gasteiger charge is -2.30. The Labute approximate surface area is 170 Å². The highest BCUT2D eigenvalue weighted by molar-refractivity contribution is 6.07. The standard InChI is InChI=1S/C21H28N4O4/c26-18(22-16-5-4-6-17(15-16)24-11-13-29-14-12-24)7-10-25-19(27)21(23-20(25)28)8-2-1-3-9-21/h4-6,15H,1-3,7-14H2,(H,22,26)(H,23,28). The van der Waals surface area contributed by atoms with Crippen LogP contribution in [0.4, 0.5) is 16.2 Å². The van der Waals surface area contributed by atoms with Crippen molar-refractivity contribution in [2.75, 3.05) is 43.1 Å². The molecule has 4 rings (SSSR count). The predicted molar refractivity (Wildman–Crippen MR) is 109 cm³/mol. The molecule has 1 aromatic carbocycles. The molecule has 0 atom stereocenters. The third-order valence-electron chi connectivity index (χ3n) is 6.02. The van der Waals surface area contributed by atoms with Gasteiger partial charge in [0.2, 0.25) is 5.91 Å². The lowest BCUT2D eigenvalue weighted by atomic mass is 9.82. The van der Waals surface area contributed by atoms with Crippen molar-refractivity contribution in [2.45, 2.75) is 44.1 Å². The van der Waals surface area contributed by atoms with Gasteiger partial charge in [-0.2, -0.15) is 0 Å². The Kier molecular flexibility index (Phi) is 5.71. The van der Waals surface area contributed by atoms with Crippen molar-refractivity contribution in [3.63, 3.8) is 0 Å². The van der Waals surface area contributed by atoms with Gasteiger partial charge in [-0.05, 0) is 31.0 Å². The van der Waals surface area contributed by atoms with Gasteiger partial charge < -0.3 is 20.3 Å². The highest BCUT2D eigenvalue weighted by Crippen LogP contribution is 2.33. The van der Waals surface area contributed by atoms with E-state index in [0.29, 0.717) is 31.7 Å². The van der Waals surface area contributed by atoms with Crippen LogP contribution < -0.4 is 15.5 Å². The summed E-state index contributed by atoms with van der Waals surface area (Å²) < 4.78 is 5.38. The third-order valence-corrected chi connectivity index (χ3v) is 6.02. The maximum absolute atomic E-state index is 12.8. The molecule has 1 aromatic rings. The zero-order valence-corrected chi connectivity index (χ0v) is 16.6. The fourth-order valence-corrected chi connectivity index (χ4v) is 4.41. The number of carbonyl (C=O) groups excluding carboxylic acids is 3. The number of amides is 4. The van der Waals surface area contributed by atoms with Crippen molar-refractivity contribution in [1.29, 1.82) is 0 Å². The second-order valence-corrected chi connectivity index (χ2v) is 7.98. The van der Waals surface area contributed by atoms with Crippen LogP contribution >= 0.6 is 0 Å². The zero-order valence-electron chi connectivity index (χ0n) is 16.6. The summed E-state index contributed by atoms with van der Waals surface area (Å²) in [6.45, 7) is 3.14. The van der Waals surface area contributed by atoms with Crippen molar-refractivity contribution in [2.24, 2.45) is 0 Å². The minimum Gasteiger partial charge on any atom is -0.378 e. The van der Waals surface area contributed by atoms with Crippen LogP contribution in [0.15, 0.2) is 24.3 Å². The number of ether oxygens (including phenoxy) is 1. The van der Waals surface area contributed by atoms with Gasteiger partial charge in [-0.25, -0.2) is 4.79 Å². The molecule has 0 radical (unpaired) electrons. The lowest BCUT2D eigenvalue weighted by Crippen LogP contribution is -2.48. The predicted octanol–water partition coefficient (Wildman–Crippen LogP) is 2.11. The average Bonchev–Trinajstić information content (AvgIpc) is 2.97. The Bertz CT molecular complexity index is 785. The Hall–Kier alpha value is -2.61. The number of nitrogens with zero attached hydrogens (tertiary/aromatic N) is 2. The number of urea groups is 1. The van der Waals surface area contributed by atoms with Gasteiger partial charge in [-0.15, -0.1) is 0 Å². The number of benzene rings is 1. The summed E-state index contributed by atoms with van der Waals surface area (Å²) in [6, 6.07) is 7.32. The Balaban J connectivity index is 1.32. The highest BCUT2D eigenvalue weighted by Gasteiger charge is 2.51. The van der Waals surface area contributed by atoms with E-state index in [1.54, 1.807) is 0 Å². The molecule has 3 fully saturated rings. The molecular formula is C21H28N4O4. The second-order valence-electron chi connectivity index (χ2n) is 7.98. The summed E-state index contributed by atoms with van der Waals surface area (Å²) in [7, 11) is 0. The number of carbonyl (C=O) groups is 3. The number of anilines is 2. The maximum atomic E-state index is 12.8. The molecule has 2 N–H and O–H groups in total. The van der Waals surface area contributed by atoms with Crippen molar-refractivity contribution < 1.29 is 19.1 Å². The van der Waals surface area contributed by atoms with Crippen LogP contribution in [0.3, 0.4) is 0 Å². The Morgan fingerprint density at radius 3 is 2.66 bits per heavy atom. The molecule has 1 aliphatic carbocycles. The van der Waals surface area contributed by atoms with E-state index in [0.717, 1.165) is 38.0 Å². The van der Waals surface area contributed by atoms with E-state index in [2.05, 4.69) is 15.5 Å². The van der Waals surface area contributed by atoms with Crippen LogP contribution in [0, 0.1) is 0 Å². The number of nitrogens with one attached hydrogen (secondary N) is 2. The van der Waals surface area contributed by atoms with Crippen molar-refractivity contribution >= 4 is 29.2 Å². The molecule has 8 nitrogen and oxygen atoms in total. The fourth-order valence-electron chi connectivity index (χ4n) is 4.41. The maximum Gasteiger partial charge on any atom is 0.325 e. The first-order valence-electron chi connectivity index (χ1n) is 10.4. The molecule has 156 valence electrons. The minimum absolute atomic E-state index is 0.0804. The molecule has 2 aliphatic heterocycles. The summed E-state index contributed by atoms with van der Waals surface area (Å²) in [5.74, 6) is -0.390. The topological polar surface area (TPSA) is 91.0 Å². The fraction of sp³-hybridized carbons (Fsp3) is 0.571. The number of imide groups is 1. The van der Waals surface area contributed by atoms with Gasteiger partial charge in [0.1, 0.15) is 5.54 Å². The van der Waals surface area contributed by atoms with Crippen LogP contribution in [0.5, 0.6) is 0 Å². The summed E-state index contributed by atoms with van der Waals surface area (Å²) in [5, 5.41) is 5.76. The molecule has 1 spiro atoms. The Morgan fingerprint density at radius 1 is 1.14 bits per heavy atom. The summed E-state index contributed by atoms with van der Waals surface area (Å²) in [4.78, 5) is 40.9. The molecule has 0 bridgehead atoms. The van der Waals surface area contributed by atoms with E-state index in [-0.39, 0.29) is 30.8 Å². The molecule has 2 saturated heterocycles. The van der Waals surface area contributed by atoms with E-state index in [1.165, 1.54) is 4.90 Å². The van der Waals surface area contributed by atoms with Crippen LogP contribution in [0.2, 0.25) is 0 Å². The molecule has 4 amide bonds. The van der Waals surface area contributed by atoms with Crippen molar-refractivity contribution in [3.8, 4) is 0 Å². The second kappa shape index (κ2) is 8.41. The van der Waals surface area contributed by atoms with Crippen LogP contribution in [0.25, 0.3) is 0 Å². The van der Waals surface area contributed by atoms with E-state index in [4.69, 9.17) is 4.74 Å². The molecule has 0 aromatic heterocycles. The molecule has 1 saturated carbocycles. The SMILES string of the molecule is O=C(CCN1C(=O)NC2(CCCCC2)C1=O)Nc1cccc(N2CCOCC2)c1. The van der Waals surface area contributed by atoms with Gasteiger partial charge in [-0.1, -0.05) is 25.3 Å². The third kappa shape index (κ3) is 4.22. The summed E-state index contributed by atoms with van der Waals surface area (Å²) in [6.07, 6.45) is 4.44. The number of hydrogen-bond donors (Lipinski definition) is 2. The normalized spacial score (nSPS) is 21.4. The molecule has 8 heteroatoms. The first-order chi connectivity index (χ1) is 14.1. The van der Waals surface area contributed by atoms with Gasteiger partial charge in [-0.3, -0.25) is 14.5 Å². The summed E-state index contributed by atoms with van der Waals surface area (Å²) in [5.41, 5.74) is 1.01. The van der Waals surface area contributed by atoms with Crippen LogP contribution in [0.1, 0.15) is 38.5 Å². The molecule has 2 heterocycles. The highest BCUT2D eigenvalue weighted by atomic mass is 16.5. The summed E-state index contributed by atoms with van der Waals surface area (Å²) >= 11 is 0. The number of hydrogen-bond acceptors (Lipinski definition) is 5. The zero-order chi connectivity index (χ0) is 20.3. The molecular weight excluding hydrogens is 372 g/mol. The first kappa shape index (κ1) is 19.7. The molecule has 3 aliphatic rings.